The fourth-order valence-electron chi connectivity index (χ4n) is 4.56. The summed E-state index contributed by atoms with van der Waals surface area (Å²) in [4.78, 5) is 32.2. The molecular formula is C26H22F3N5O3. The molecule has 2 aromatic carbocycles. The number of carboxylic acids is 1. The number of benzene rings is 2. The summed E-state index contributed by atoms with van der Waals surface area (Å²) in [7, 11) is 0. The summed E-state index contributed by atoms with van der Waals surface area (Å²) in [5.74, 6) is -1.22. The molecule has 1 aromatic heterocycles. The lowest BCUT2D eigenvalue weighted by Gasteiger charge is -2.37. The Bertz CT molecular complexity index is 1360. The summed E-state index contributed by atoms with van der Waals surface area (Å²) in [6.45, 7) is 0. The van der Waals surface area contributed by atoms with Crippen molar-refractivity contribution in [1.29, 1.82) is 5.26 Å². The van der Waals surface area contributed by atoms with Gasteiger partial charge in [0, 0.05) is 11.9 Å². The van der Waals surface area contributed by atoms with Gasteiger partial charge in [-0.05, 0) is 54.3 Å². The zero-order chi connectivity index (χ0) is 26.6. The van der Waals surface area contributed by atoms with Gasteiger partial charge in [0.05, 0.1) is 22.4 Å². The lowest BCUT2D eigenvalue weighted by atomic mass is 9.79. The quantitative estimate of drug-likeness (QED) is 0.404. The predicted molar refractivity (Wildman–Crippen MR) is 128 cm³/mol. The molecule has 2 amide bonds. The number of nitriles is 1. The standard InChI is InChI=1S/C26H22F3N5O3/c27-26(28,29)20-14-18(8-9-19(20)16-4-6-17(7-5-16)23(35)36)32-24(37)34-25(11-2-1-3-12-25)21-10-13-31-22(15-30)33-21/h4-10,13-14H,1-3,11-12H2,(H,35,36)(H2,32,34,37). The highest BCUT2D eigenvalue weighted by atomic mass is 19.4. The highest BCUT2D eigenvalue weighted by molar-refractivity contribution is 5.91. The minimum atomic E-state index is -4.73. The number of aromatic nitrogens is 2. The van der Waals surface area contributed by atoms with Gasteiger partial charge in [-0.15, -0.1) is 0 Å². The summed E-state index contributed by atoms with van der Waals surface area (Å²) in [5, 5.41) is 23.6. The summed E-state index contributed by atoms with van der Waals surface area (Å²) >= 11 is 0. The van der Waals surface area contributed by atoms with Crippen molar-refractivity contribution in [3.63, 3.8) is 0 Å². The van der Waals surface area contributed by atoms with E-state index in [2.05, 4.69) is 20.6 Å². The molecule has 8 nitrogen and oxygen atoms in total. The molecule has 190 valence electrons. The zero-order valence-corrected chi connectivity index (χ0v) is 19.5. The molecule has 1 saturated carbocycles. The minimum absolute atomic E-state index is 0.0357. The number of anilines is 1. The molecule has 0 aliphatic heterocycles. The summed E-state index contributed by atoms with van der Waals surface area (Å²) in [5.41, 5.74) is -1.46. The van der Waals surface area contributed by atoms with Gasteiger partial charge in [0.1, 0.15) is 6.07 Å². The van der Waals surface area contributed by atoms with E-state index < -0.39 is 29.3 Å². The van der Waals surface area contributed by atoms with Crippen molar-refractivity contribution in [1.82, 2.24) is 15.3 Å². The third-order valence-electron chi connectivity index (χ3n) is 6.33. The van der Waals surface area contributed by atoms with Crippen molar-refractivity contribution in [3.8, 4) is 17.2 Å². The monoisotopic (exact) mass is 509 g/mol. The Morgan fingerprint density at radius 2 is 1.73 bits per heavy atom. The molecule has 3 aromatic rings. The number of amides is 2. The maximum absolute atomic E-state index is 13.9. The van der Waals surface area contributed by atoms with Gasteiger partial charge in [0.15, 0.2) is 0 Å². The van der Waals surface area contributed by atoms with E-state index in [1.165, 1.54) is 42.6 Å². The van der Waals surface area contributed by atoms with Crippen LogP contribution in [0.25, 0.3) is 11.1 Å². The van der Waals surface area contributed by atoms with E-state index >= 15 is 0 Å². The number of rotatable bonds is 5. The topological polar surface area (TPSA) is 128 Å². The number of carboxylic acid groups (broad SMARTS) is 1. The number of alkyl halides is 3. The number of hydrogen-bond donors (Lipinski definition) is 3. The molecule has 0 unspecified atom stereocenters. The maximum atomic E-state index is 13.9. The second kappa shape index (κ2) is 10.3. The molecule has 0 bridgehead atoms. The highest BCUT2D eigenvalue weighted by Gasteiger charge is 2.38. The van der Waals surface area contributed by atoms with Crippen LogP contribution in [0, 0.1) is 11.3 Å². The number of carbonyl (C=O) groups excluding carboxylic acids is 1. The molecule has 0 radical (unpaired) electrons. The van der Waals surface area contributed by atoms with Gasteiger partial charge in [-0.3, -0.25) is 0 Å². The lowest BCUT2D eigenvalue weighted by Crippen LogP contribution is -2.49. The number of urea groups is 1. The van der Waals surface area contributed by atoms with Gasteiger partial charge in [-0.2, -0.15) is 18.4 Å². The first kappa shape index (κ1) is 25.6. The number of nitrogens with zero attached hydrogens (tertiary/aromatic N) is 3. The Hall–Kier alpha value is -4.46. The highest BCUT2D eigenvalue weighted by Crippen LogP contribution is 2.39. The van der Waals surface area contributed by atoms with Crippen molar-refractivity contribution in [2.75, 3.05) is 5.32 Å². The number of hydrogen-bond acceptors (Lipinski definition) is 5. The van der Waals surface area contributed by atoms with Gasteiger partial charge >= 0.3 is 18.2 Å². The van der Waals surface area contributed by atoms with E-state index in [-0.39, 0.29) is 28.2 Å². The fourth-order valence-corrected chi connectivity index (χ4v) is 4.56. The summed E-state index contributed by atoms with van der Waals surface area (Å²) in [6.07, 6.45) is 0.399. The van der Waals surface area contributed by atoms with Crippen molar-refractivity contribution in [3.05, 3.63) is 77.4 Å². The van der Waals surface area contributed by atoms with E-state index in [0.717, 1.165) is 25.3 Å². The second-order valence-corrected chi connectivity index (χ2v) is 8.74. The number of nitrogens with one attached hydrogen (secondary N) is 2. The van der Waals surface area contributed by atoms with Crippen LogP contribution in [0.5, 0.6) is 0 Å². The van der Waals surface area contributed by atoms with Crippen LogP contribution in [0.2, 0.25) is 0 Å². The Morgan fingerprint density at radius 1 is 1.03 bits per heavy atom. The van der Waals surface area contributed by atoms with Gasteiger partial charge in [0.2, 0.25) is 5.82 Å². The smallest absolute Gasteiger partial charge is 0.417 e. The second-order valence-electron chi connectivity index (χ2n) is 8.74. The molecule has 1 aliphatic rings. The van der Waals surface area contributed by atoms with Gasteiger partial charge in [0.25, 0.3) is 0 Å². The van der Waals surface area contributed by atoms with E-state index in [9.17, 15) is 22.8 Å². The molecule has 37 heavy (non-hydrogen) atoms. The van der Waals surface area contributed by atoms with Crippen molar-refractivity contribution >= 4 is 17.7 Å². The van der Waals surface area contributed by atoms with Crippen molar-refractivity contribution in [2.45, 2.75) is 43.8 Å². The lowest BCUT2D eigenvalue weighted by molar-refractivity contribution is -0.137. The van der Waals surface area contributed by atoms with Gasteiger partial charge in [-0.25, -0.2) is 19.6 Å². The van der Waals surface area contributed by atoms with Gasteiger partial charge < -0.3 is 15.7 Å². The third kappa shape index (κ3) is 5.69. The maximum Gasteiger partial charge on any atom is 0.417 e. The Kier molecular flexibility index (Phi) is 7.11. The molecular weight excluding hydrogens is 487 g/mol. The van der Waals surface area contributed by atoms with E-state index in [1.54, 1.807) is 6.07 Å². The van der Waals surface area contributed by atoms with Crippen LogP contribution >= 0.6 is 0 Å². The summed E-state index contributed by atoms with van der Waals surface area (Å²) < 4.78 is 41.8. The first-order valence-corrected chi connectivity index (χ1v) is 11.5. The molecule has 1 heterocycles. The van der Waals surface area contributed by atoms with Crippen molar-refractivity contribution < 1.29 is 27.9 Å². The van der Waals surface area contributed by atoms with Gasteiger partial charge in [-0.1, -0.05) is 37.5 Å². The molecule has 0 spiro atoms. The third-order valence-corrected chi connectivity index (χ3v) is 6.33. The number of carbonyl (C=O) groups is 2. The largest absolute Gasteiger partial charge is 0.478 e. The molecule has 3 N–H and O–H groups in total. The van der Waals surface area contributed by atoms with Crippen molar-refractivity contribution in [2.24, 2.45) is 0 Å². The van der Waals surface area contributed by atoms with Crippen LogP contribution in [0.3, 0.4) is 0 Å². The van der Waals surface area contributed by atoms with Crippen LogP contribution in [0.15, 0.2) is 54.7 Å². The molecule has 4 rings (SSSR count). The van der Waals surface area contributed by atoms with E-state index in [1.807, 2.05) is 6.07 Å². The van der Waals surface area contributed by atoms with E-state index in [4.69, 9.17) is 10.4 Å². The predicted octanol–water partition coefficient (Wildman–Crippen LogP) is 5.71. The molecule has 1 fully saturated rings. The number of halogens is 3. The van der Waals surface area contributed by atoms with Crippen LogP contribution in [-0.4, -0.2) is 27.1 Å². The summed E-state index contributed by atoms with van der Waals surface area (Å²) in [6, 6.07) is 11.3. The Morgan fingerprint density at radius 3 is 2.35 bits per heavy atom. The van der Waals surface area contributed by atoms with E-state index in [0.29, 0.717) is 18.5 Å². The molecule has 11 heteroatoms. The number of aromatic carboxylic acids is 1. The molecule has 0 saturated heterocycles. The zero-order valence-electron chi connectivity index (χ0n) is 19.5. The first-order valence-electron chi connectivity index (χ1n) is 11.5. The average Bonchev–Trinajstić information content (AvgIpc) is 2.88. The molecule has 1 aliphatic carbocycles. The molecule has 0 atom stereocenters. The first-order chi connectivity index (χ1) is 17.6. The minimum Gasteiger partial charge on any atom is -0.478 e. The Balaban J connectivity index is 1.61. The van der Waals surface area contributed by atoms with Crippen LogP contribution < -0.4 is 10.6 Å². The Labute approximate surface area is 210 Å². The van der Waals surface area contributed by atoms with Crippen LogP contribution in [-0.2, 0) is 11.7 Å². The SMILES string of the molecule is N#Cc1nccc(C2(NC(=O)Nc3ccc(-c4ccc(C(=O)O)cc4)c(C(F)(F)F)c3)CCCCC2)n1. The normalized spacial score (nSPS) is 14.9. The van der Waals surface area contributed by atoms with Crippen LogP contribution in [0.4, 0.5) is 23.7 Å². The van der Waals surface area contributed by atoms with Crippen LogP contribution in [0.1, 0.15) is 59.5 Å². The average molecular weight is 509 g/mol. The fraction of sp³-hybridized carbons (Fsp3) is 0.269.